The molecule has 1 fully saturated rings. The van der Waals surface area contributed by atoms with Crippen LogP contribution in [0.15, 0.2) is 36.5 Å². The summed E-state index contributed by atoms with van der Waals surface area (Å²) in [5, 5.41) is 3.53. The van der Waals surface area contributed by atoms with Gasteiger partial charge in [-0.15, -0.1) is 0 Å². The minimum Gasteiger partial charge on any atom is -0.492 e. The van der Waals surface area contributed by atoms with Crippen LogP contribution < -0.4 is 10.1 Å². The van der Waals surface area contributed by atoms with E-state index in [0.717, 1.165) is 44.5 Å². The number of nitrogens with one attached hydrogen (secondary N) is 1. The molecule has 1 aliphatic heterocycles. The van der Waals surface area contributed by atoms with Crippen molar-refractivity contribution in [3.8, 4) is 5.75 Å². The average molecular weight is 399 g/mol. The third kappa shape index (κ3) is 3.62. The molecule has 28 heavy (non-hydrogen) atoms. The minimum absolute atomic E-state index is 0.00892. The molecular weight excluding hydrogens is 372 g/mol. The summed E-state index contributed by atoms with van der Waals surface area (Å²) in [4.78, 5) is 17.1. The van der Waals surface area contributed by atoms with Gasteiger partial charge < -0.3 is 10.1 Å². The topological polar surface area (TPSA) is 51.2 Å². The summed E-state index contributed by atoms with van der Waals surface area (Å²) in [6.45, 7) is 4.97. The van der Waals surface area contributed by atoms with Gasteiger partial charge in [-0.2, -0.15) is 0 Å². The zero-order valence-corrected chi connectivity index (χ0v) is 17.3. The van der Waals surface area contributed by atoms with Crippen LogP contribution in [-0.2, 0) is 10.2 Å². The fourth-order valence-corrected chi connectivity index (χ4v) is 5.00. The summed E-state index contributed by atoms with van der Waals surface area (Å²) in [5.74, 6) is 2.09. The van der Waals surface area contributed by atoms with Gasteiger partial charge in [0.2, 0.25) is 5.91 Å². The lowest BCUT2D eigenvalue weighted by atomic mass is 9.65. The van der Waals surface area contributed by atoms with Crippen LogP contribution in [0, 0.1) is 18.8 Å². The lowest BCUT2D eigenvalue weighted by Gasteiger charge is -2.38. The van der Waals surface area contributed by atoms with Gasteiger partial charge in [-0.1, -0.05) is 30.7 Å². The minimum atomic E-state index is 0.00892. The third-order valence-electron chi connectivity index (χ3n) is 6.52. The number of hydrogen-bond donors (Lipinski definition) is 1. The van der Waals surface area contributed by atoms with Crippen LogP contribution in [0.4, 0.5) is 5.82 Å². The number of aromatic nitrogens is 1. The van der Waals surface area contributed by atoms with Gasteiger partial charge in [0.25, 0.3) is 0 Å². The first-order valence-corrected chi connectivity index (χ1v) is 10.5. The van der Waals surface area contributed by atoms with E-state index < -0.39 is 0 Å². The summed E-state index contributed by atoms with van der Waals surface area (Å²) in [6, 6.07) is 10.1. The van der Waals surface area contributed by atoms with E-state index in [1.807, 2.05) is 0 Å². The van der Waals surface area contributed by atoms with Crippen molar-refractivity contribution in [3.05, 3.63) is 52.7 Å². The molecule has 4 rings (SSSR count). The monoisotopic (exact) mass is 398 g/mol. The Kier molecular flexibility index (Phi) is 5.33. The summed E-state index contributed by atoms with van der Waals surface area (Å²) < 4.78 is 6.03. The lowest BCUT2D eigenvalue weighted by molar-refractivity contribution is -0.122. The first-order valence-electron chi connectivity index (χ1n) is 10.2. The quantitative estimate of drug-likeness (QED) is 0.736. The van der Waals surface area contributed by atoms with Crippen molar-refractivity contribution >= 4 is 23.3 Å². The molecule has 1 aliphatic carbocycles. The molecule has 0 radical (unpaired) electrons. The van der Waals surface area contributed by atoms with Crippen LogP contribution in [0.25, 0.3) is 0 Å². The van der Waals surface area contributed by atoms with Crippen molar-refractivity contribution in [2.45, 2.75) is 51.4 Å². The van der Waals surface area contributed by atoms with Gasteiger partial charge in [0.15, 0.2) is 0 Å². The molecule has 1 atom stereocenters. The normalized spacial score (nSPS) is 24.5. The number of carbonyl (C=O) groups excluding carboxylic acids is 1. The number of rotatable bonds is 4. The van der Waals surface area contributed by atoms with Crippen molar-refractivity contribution in [2.24, 2.45) is 11.8 Å². The zero-order valence-electron chi connectivity index (χ0n) is 16.5. The molecule has 5 heteroatoms. The van der Waals surface area contributed by atoms with Gasteiger partial charge in [-0.05, 0) is 68.7 Å². The number of pyridine rings is 1. The number of fused-ring (bicyclic) bond motifs is 2. The largest absolute Gasteiger partial charge is 0.492 e. The molecule has 0 bridgehead atoms. The van der Waals surface area contributed by atoms with Gasteiger partial charge >= 0.3 is 0 Å². The Morgan fingerprint density at radius 1 is 1.32 bits per heavy atom. The molecule has 4 nitrogen and oxygen atoms in total. The predicted molar refractivity (Wildman–Crippen MR) is 112 cm³/mol. The lowest BCUT2D eigenvalue weighted by Crippen LogP contribution is -2.38. The standard InChI is InChI=1S/C23H27ClN2O2/c1-3-18(22(27)26-21-7-5-17(24)13-25-21)16-8-10-23(11-9-16)14-28-20-12-15(2)4-6-19(20)23/h4-7,12-13,16,18H,3,8-11,14H2,1-2H3,(H,25,26,27). The highest BCUT2D eigenvalue weighted by Crippen LogP contribution is 2.50. The van der Waals surface area contributed by atoms with E-state index >= 15 is 0 Å². The number of halogens is 1. The second-order valence-corrected chi connectivity index (χ2v) is 8.71. The van der Waals surface area contributed by atoms with Crippen molar-refractivity contribution in [3.63, 3.8) is 0 Å². The molecule has 1 aromatic carbocycles. The van der Waals surface area contributed by atoms with Gasteiger partial charge in [-0.25, -0.2) is 4.98 Å². The fourth-order valence-electron chi connectivity index (χ4n) is 4.89. The average Bonchev–Trinajstić information content (AvgIpc) is 3.03. The van der Waals surface area contributed by atoms with E-state index in [0.29, 0.717) is 16.8 Å². The number of benzene rings is 1. The Hall–Kier alpha value is -2.07. The first-order chi connectivity index (χ1) is 13.5. The van der Waals surface area contributed by atoms with E-state index in [1.54, 1.807) is 18.3 Å². The number of ether oxygens (including phenoxy) is 1. The van der Waals surface area contributed by atoms with Crippen molar-refractivity contribution < 1.29 is 9.53 Å². The maximum absolute atomic E-state index is 12.9. The van der Waals surface area contributed by atoms with Gasteiger partial charge in [-0.3, -0.25) is 4.79 Å². The van der Waals surface area contributed by atoms with Crippen LogP contribution >= 0.6 is 11.6 Å². The van der Waals surface area contributed by atoms with Gasteiger partial charge in [0.1, 0.15) is 11.6 Å². The van der Waals surface area contributed by atoms with Crippen LogP contribution in [0.1, 0.15) is 50.2 Å². The summed E-state index contributed by atoms with van der Waals surface area (Å²) >= 11 is 5.88. The van der Waals surface area contributed by atoms with Crippen LogP contribution in [0.2, 0.25) is 5.02 Å². The van der Waals surface area contributed by atoms with E-state index in [1.165, 1.54) is 11.1 Å². The smallest absolute Gasteiger partial charge is 0.228 e. The highest BCUT2D eigenvalue weighted by atomic mass is 35.5. The number of nitrogens with zero attached hydrogens (tertiary/aromatic N) is 1. The predicted octanol–water partition coefficient (Wildman–Crippen LogP) is 5.53. The maximum Gasteiger partial charge on any atom is 0.228 e. The Balaban J connectivity index is 1.42. The second-order valence-electron chi connectivity index (χ2n) is 8.27. The van der Waals surface area contributed by atoms with Crippen molar-refractivity contribution in [1.82, 2.24) is 4.98 Å². The molecular formula is C23H27ClN2O2. The van der Waals surface area contributed by atoms with Crippen LogP contribution in [0.5, 0.6) is 5.75 Å². The van der Waals surface area contributed by atoms with Crippen LogP contribution in [-0.4, -0.2) is 17.5 Å². The van der Waals surface area contributed by atoms with E-state index in [9.17, 15) is 4.79 Å². The Morgan fingerprint density at radius 3 is 2.79 bits per heavy atom. The molecule has 1 unspecified atom stereocenters. The van der Waals surface area contributed by atoms with E-state index in [-0.39, 0.29) is 17.2 Å². The molecule has 0 saturated heterocycles. The Labute approximate surface area is 171 Å². The molecule has 2 aliphatic rings. The molecule has 1 saturated carbocycles. The number of aryl methyl sites for hydroxylation is 1. The molecule has 1 amide bonds. The molecule has 148 valence electrons. The van der Waals surface area contributed by atoms with Gasteiger partial charge in [0, 0.05) is 23.1 Å². The number of hydrogen-bond acceptors (Lipinski definition) is 3. The van der Waals surface area contributed by atoms with E-state index in [2.05, 4.69) is 42.3 Å². The zero-order chi connectivity index (χ0) is 19.7. The fraction of sp³-hybridized carbons (Fsp3) is 0.478. The summed E-state index contributed by atoms with van der Waals surface area (Å²) in [7, 11) is 0. The highest BCUT2D eigenvalue weighted by molar-refractivity contribution is 6.30. The van der Waals surface area contributed by atoms with Gasteiger partial charge in [0.05, 0.1) is 11.6 Å². The molecule has 2 heterocycles. The number of amides is 1. The maximum atomic E-state index is 12.9. The molecule has 1 spiro atoms. The number of anilines is 1. The summed E-state index contributed by atoms with van der Waals surface area (Å²) in [5.41, 5.74) is 2.73. The van der Waals surface area contributed by atoms with Crippen molar-refractivity contribution in [1.29, 1.82) is 0 Å². The van der Waals surface area contributed by atoms with Crippen molar-refractivity contribution in [2.75, 3.05) is 11.9 Å². The first kappa shape index (κ1) is 19.3. The summed E-state index contributed by atoms with van der Waals surface area (Å²) in [6.07, 6.45) is 6.66. The van der Waals surface area contributed by atoms with E-state index in [4.69, 9.17) is 16.3 Å². The Morgan fingerprint density at radius 2 is 2.11 bits per heavy atom. The molecule has 2 aromatic rings. The van der Waals surface area contributed by atoms with Crippen LogP contribution in [0.3, 0.4) is 0 Å². The highest BCUT2D eigenvalue weighted by Gasteiger charge is 2.45. The molecule has 1 N–H and O–H groups in total. The Bertz CT molecular complexity index is 857. The third-order valence-corrected chi connectivity index (χ3v) is 6.75. The second kappa shape index (κ2) is 7.75. The molecule has 1 aromatic heterocycles. The number of carbonyl (C=O) groups is 1. The SMILES string of the molecule is CCC(C(=O)Nc1ccc(Cl)cn1)C1CCC2(CC1)COc1cc(C)ccc12.